The molecule has 36 valence electrons. The summed E-state index contributed by atoms with van der Waals surface area (Å²) in [5.74, 6) is 0. The van der Waals surface area contributed by atoms with Crippen LogP contribution in [0.3, 0.4) is 0 Å². The Balaban J connectivity index is 0. The van der Waals surface area contributed by atoms with Crippen molar-refractivity contribution in [1.29, 1.82) is 0 Å². The van der Waals surface area contributed by atoms with Gasteiger partial charge in [0.25, 0.3) is 0 Å². The van der Waals surface area contributed by atoms with Gasteiger partial charge >= 0.3 is 19.3 Å². The maximum atomic E-state index is 7.88. The molecular formula is C3H8NiO. The molecule has 0 rings (SSSR count). The van der Waals surface area contributed by atoms with E-state index in [1.54, 1.807) is 0 Å². The van der Waals surface area contributed by atoms with Crippen LogP contribution in [0.1, 0.15) is 20.3 Å². The van der Waals surface area contributed by atoms with Gasteiger partial charge in [0.15, 0.2) is 0 Å². The van der Waals surface area contributed by atoms with E-state index in [2.05, 4.69) is 29.2 Å². The summed E-state index contributed by atoms with van der Waals surface area (Å²) in [7, 11) is 0. The Morgan fingerprint density at radius 1 is 1.40 bits per heavy atom. The quantitative estimate of drug-likeness (QED) is 0.439. The Labute approximate surface area is 40.3 Å². The first-order chi connectivity index (χ1) is 2.41. The van der Waals surface area contributed by atoms with Crippen molar-refractivity contribution in [1.82, 2.24) is 0 Å². The molecule has 0 unspecified atom stereocenters. The first-order valence-electron chi connectivity index (χ1n) is 1.54. The molecule has 0 spiro atoms. The molecule has 1 nitrogen and oxygen atoms in total. The van der Waals surface area contributed by atoms with Crippen molar-refractivity contribution < 1.29 is 19.3 Å². The second kappa shape index (κ2) is 27.8. The SMILES string of the molecule is CCC.[O]=[Ni]. The Bertz CT molecular complexity index is 10.9. The molecule has 0 saturated carbocycles. The van der Waals surface area contributed by atoms with Gasteiger partial charge < -0.3 is 0 Å². The molecule has 0 N–H and O–H groups in total. The van der Waals surface area contributed by atoms with Crippen LogP contribution in [-0.2, 0) is 19.3 Å². The van der Waals surface area contributed by atoms with Gasteiger partial charge in [-0.2, -0.15) is 0 Å². The molecule has 5 heavy (non-hydrogen) atoms. The minimum atomic E-state index is 1.25. The molecular weight excluding hydrogens is 111 g/mol. The van der Waals surface area contributed by atoms with Crippen LogP contribution in [0, 0.1) is 0 Å². The van der Waals surface area contributed by atoms with Gasteiger partial charge in [0.05, 0.1) is 0 Å². The molecule has 0 fully saturated rings. The second-order valence-electron chi connectivity index (χ2n) is 0.707. The molecule has 0 radical (unpaired) electrons. The zero-order chi connectivity index (χ0) is 4.71. The van der Waals surface area contributed by atoms with Gasteiger partial charge in [0.2, 0.25) is 0 Å². The van der Waals surface area contributed by atoms with Crippen LogP contribution in [0.25, 0.3) is 0 Å². The van der Waals surface area contributed by atoms with Crippen molar-refractivity contribution in [3.05, 3.63) is 0 Å². The molecule has 0 saturated heterocycles. The fourth-order valence-electron chi connectivity index (χ4n) is 0. The second-order valence-corrected chi connectivity index (χ2v) is 0.707. The van der Waals surface area contributed by atoms with E-state index in [-0.39, 0.29) is 0 Å². The summed E-state index contributed by atoms with van der Waals surface area (Å²) < 4.78 is 7.88. The Morgan fingerprint density at radius 3 is 1.40 bits per heavy atom. The molecule has 2 heteroatoms. The molecule has 0 aliphatic heterocycles. The fourth-order valence-corrected chi connectivity index (χ4v) is 0. The van der Waals surface area contributed by atoms with Gasteiger partial charge in [-0.1, -0.05) is 20.3 Å². The average molecular weight is 119 g/mol. The molecule has 0 aromatic heterocycles. The molecule has 0 bridgehead atoms. The van der Waals surface area contributed by atoms with Crippen molar-refractivity contribution >= 4 is 0 Å². The molecule has 0 amide bonds. The molecule has 0 heterocycles. The summed E-state index contributed by atoms with van der Waals surface area (Å²) in [5.41, 5.74) is 0. The third-order valence-electron chi connectivity index (χ3n) is 0. The first-order valence-corrected chi connectivity index (χ1v) is 1.95. The van der Waals surface area contributed by atoms with Crippen LogP contribution in [0.2, 0.25) is 0 Å². The monoisotopic (exact) mass is 118 g/mol. The van der Waals surface area contributed by atoms with Gasteiger partial charge in [-0.3, -0.25) is 0 Å². The minimum absolute atomic E-state index is 1.25. The van der Waals surface area contributed by atoms with Crippen LogP contribution in [0.15, 0.2) is 0 Å². The zero-order valence-electron chi connectivity index (χ0n) is 3.43. The summed E-state index contributed by atoms with van der Waals surface area (Å²) >= 11 is 2.62. The summed E-state index contributed by atoms with van der Waals surface area (Å²) in [5, 5.41) is 0. The molecule has 0 aliphatic carbocycles. The Hall–Kier alpha value is 0.294. The third-order valence-corrected chi connectivity index (χ3v) is 0. The van der Waals surface area contributed by atoms with E-state index in [0.29, 0.717) is 0 Å². The Morgan fingerprint density at radius 2 is 1.40 bits per heavy atom. The van der Waals surface area contributed by atoms with E-state index in [1.807, 2.05) is 0 Å². The predicted octanol–water partition coefficient (Wildman–Crippen LogP) is 1.29. The Kier molecular flexibility index (Phi) is 50.1. The van der Waals surface area contributed by atoms with Gasteiger partial charge in [-0.05, 0) is 0 Å². The normalized spacial score (nSPS) is 4.80. The number of hydrogen-bond donors (Lipinski definition) is 0. The third kappa shape index (κ3) is 262. The molecule has 0 aliphatic rings. The number of hydrogen-bond acceptors (Lipinski definition) is 1. The van der Waals surface area contributed by atoms with Gasteiger partial charge in [0, 0.05) is 0 Å². The summed E-state index contributed by atoms with van der Waals surface area (Å²) in [6.07, 6.45) is 1.25. The van der Waals surface area contributed by atoms with Gasteiger partial charge in [-0.25, -0.2) is 0 Å². The van der Waals surface area contributed by atoms with E-state index < -0.39 is 0 Å². The van der Waals surface area contributed by atoms with E-state index >= 15 is 0 Å². The van der Waals surface area contributed by atoms with Crippen molar-refractivity contribution in [3.8, 4) is 0 Å². The van der Waals surface area contributed by atoms with E-state index in [0.717, 1.165) is 0 Å². The van der Waals surface area contributed by atoms with E-state index in [9.17, 15) is 0 Å². The fraction of sp³-hybridized carbons (Fsp3) is 1.00. The van der Waals surface area contributed by atoms with E-state index in [1.165, 1.54) is 6.42 Å². The molecule has 0 aromatic carbocycles. The summed E-state index contributed by atoms with van der Waals surface area (Å²) in [6.45, 7) is 4.25. The molecule has 0 atom stereocenters. The number of rotatable bonds is 0. The first kappa shape index (κ1) is 9.00. The van der Waals surface area contributed by atoms with Crippen molar-refractivity contribution in [2.24, 2.45) is 0 Å². The van der Waals surface area contributed by atoms with Crippen molar-refractivity contribution in [3.63, 3.8) is 0 Å². The summed E-state index contributed by atoms with van der Waals surface area (Å²) in [4.78, 5) is 0. The van der Waals surface area contributed by atoms with Crippen LogP contribution < -0.4 is 0 Å². The average Bonchev–Trinajstić information content (AvgIpc) is 1.46. The van der Waals surface area contributed by atoms with E-state index in [4.69, 9.17) is 3.90 Å². The zero-order valence-corrected chi connectivity index (χ0v) is 4.42. The topological polar surface area (TPSA) is 17.1 Å². The van der Waals surface area contributed by atoms with Gasteiger partial charge in [0.1, 0.15) is 0 Å². The maximum absolute atomic E-state index is 7.88. The van der Waals surface area contributed by atoms with Crippen molar-refractivity contribution in [2.75, 3.05) is 0 Å². The molecule has 0 aromatic rings. The summed E-state index contributed by atoms with van der Waals surface area (Å²) in [6, 6.07) is 0. The van der Waals surface area contributed by atoms with Gasteiger partial charge in [-0.15, -0.1) is 0 Å². The van der Waals surface area contributed by atoms with Crippen molar-refractivity contribution in [2.45, 2.75) is 20.3 Å². The van der Waals surface area contributed by atoms with Crippen LogP contribution in [0.4, 0.5) is 0 Å². The predicted molar refractivity (Wildman–Crippen MR) is 16.7 cm³/mol. The van der Waals surface area contributed by atoms with Crippen LogP contribution >= 0.6 is 0 Å². The standard InChI is InChI=1S/C3H8.Ni.O/c1-3-2;;/h3H2,1-2H3;;. The van der Waals surface area contributed by atoms with Crippen LogP contribution in [-0.4, -0.2) is 0 Å². The van der Waals surface area contributed by atoms with Crippen LogP contribution in [0.5, 0.6) is 0 Å².